The lowest BCUT2D eigenvalue weighted by atomic mass is 10.1. The van der Waals surface area contributed by atoms with Gasteiger partial charge in [-0.25, -0.2) is 0 Å². The second-order valence-electron chi connectivity index (χ2n) is 6.33. The van der Waals surface area contributed by atoms with E-state index < -0.39 is 4.92 Å². The molecule has 0 fully saturated rings. The number of halogens is 1. The molecule has 0 unspecified atom stereocenters. The van der Waals surface area contributed by atoms with E-state index in [4.69, 9.17) is 11.6 Å². The fourth-order valence-electron chi connectivity index (χ4n) is 3.01. The van der Waals surface area contributed by atoms with Crippen molar-refractivity contribution < 1.29 is 4.92 Å². The Kier molecular flexibility index (Phi) is 4.63. The van der Waals surface area contributed by atoms with Crippen molar-refractivity contribution >= 4 is 17.3 Å². The molecule has 6 nitrogen and oxygen atoms in total. The van der Waals surface area contributed by atoms with Gasteiger partial charge < -0.3 is 0 Å². The summed E-state index contributed by atoms with van der Waals surface area (Å²) < 4.78 is 1.92. The Bertz CT molecular complexity index is 1150. The van der Waals surface area contributed by atoms with Gasteiger partial charge in [0.05, 0.1) is 4.92 Å². The van der Waals surface area contributed by atoms with E-state index in [2.05, 4.69) is 10.2 Å². The molecule has 0 spiro atoms. The number of hydrogen-bond acceptors (Lipinski definition) is 4. The number of nitro groups is 1. The highest BCUT2D eigenvalue weighted by atomic mass is 35.5. The number of aromatic nitrogens is 3. The molecule has 28 heavy (non-hydrogen) atoms. The minimum absolute atomic E-state index is 0.0280. The monoisotopic (exact) mass is 390 g/mol. The quantitative estimate of drug-likeness (QED) is 0.342. The van der Waals surface area contributed by atoms with Gasteiger partial charge in [-0.2, -0.15) is 0 Å². The van der Waals surface area contributed by atoms with Crippen LogP contribution in [-0.4, -0.2) is 19.7 Å². The van der Waals surface area contributed by atoms with Gasteiger partial charge in [-0.1, -0.05) is 35.4 Å². The zero-order chi connectivity index (χ0) is 19.7. The Morgan fingerprint density at radius 1 is 0.893 bits per heavy atom. The van der Waals surface area contributed by atoms with Gasteiger partial charge in [0.2, 0.25) is 0 Å². The van der Waals surface area contributed by atoms with Gasteiger partial charge in [-0.15, -0.1) is 10.2 Å². The largest absolute Gasteiger partial charge is 0.275 e. The predicted octanol–water partition coefficient (Wildman–Crippen LogP) is 5.47. The first-order valence-electron chi connectivity index (χ1n) is 8.56. The molecule has 1 heterocycles. The molecule has 0 aliphatic heterocycles. The minimum Gasteiger partial charge on any atom is -0.275 e. The smallest absolute Gasteiger partial charge is 0.269 e. The third-order valence-electron chi connectivity index (χ3n) is 4.36. The van der Waals surface area contributed by atoms with E-state index in [0.717, 1.165) is 22.4 Å². The molecule has 0 radical (unpaired) electrons. The third-order valence-corrected chi connectivity index (χ3v) is 4.61. The fraction of sp³-hybridized carbons (Fsp3) is 0.0476. The average molecular weight is 391 g/mol. The lowest BCUT2D eigenvalue weighted by Gasteiger charge is -2.11. The van der Waals surface area contributed by atoms with Crippen LogP contribution in [0.25, 0.3) is 28.5 Å². The maximum absolute atomic E-state index is 10.9. The molecule has 4 aromatic rings. The number of non-ortho nitro benzene ring substituents is 1. The molecule has 0 N–H and O–H groups in total. The first kappa shape index (κ1) is 17.9. The summed E-state index contributed by atoms with van der Waals surface area (Å²) >= 11 is 6.05. The van der Waals surface area contributed by atoms with Gasteiger partial charge in [0.15, 0.2) is 11.6 Å². The van der Waals surface area contributed by atoms with Gasteiger partial charge in [0.1, 0.15) is 0 Å². The molecule has 0 saturated carbocycles. The van der Waals surface area contributed by atoms with E-state index in [1.54, 1.807) is 24.3 Å². The number of hydrogen-bond donors (Lipinski definition) is 0. The Morgan fingerprint density at radius 3 is 2.14 bits per heavy atom. The van der Waals surface area contributed by atoms with E-state index in [1.165, 1.54) is 12.1 Å². The molecule has 0 aliphatic carbocycles. The Morgan fingerprint density at radius 2 is 1.54 bits per heavy atom. The second kappa shape index (κ2) is 7.25. The molecule has 138 valence electrons. The van der Waals surface area contributed by atoms with Crippen molar-refractivity contribution in [1.82, 2.24) is 14.8 Å². The normalized spacial score (nSPS) is 10.8. The number of nitrogens with zero attached hydrogens (tertiary/aromatic N) is 4. The Hall–Kier alpha value is -3.51. The van der Waals surface area contributed by atoms with E-state index in [9.17, 15) is 10.1 Å². The van der Waals surface area contributed by atoms with Crippen molar-refractivity contribution in [2.75, 3.05) is 0 Å². The van der Waals surface area contributed by atoms with Crippen LogP contribution in [0.1, 0.15) is 5.56 Å². The van der Waals surface area contributed by atoms with E-state index >= 15 is 0 Å². The summed E-state index contributed by atoms with van der Waals surface area (Å²) in [5.41, 5.74) is 3.64. The van der Waals surface area contributed by atoms with Crippen LogP contribution in [0, 0.1) is 17.0 Å². The van der Waals surface area contributed by atoms with Crippen molar-refractivity contribution in [3.63, 3.8) is 0 Å². The molecule has 0 bridgehead atoms. The first-order valence-corrected chi connectivity index (χ1v) is 8.94. The summed E-state index contributed by atoms with van der Waals surface area (Å²) in [5, 5.41) is 20.4. The van der Waals surface area contributed by atoms with Gasteiger partial charge >= 0.3 is 0 Å². The molecule has 0 saturated heterocycles. The molecular weight excluding hydrogens is 376 g/mol. The number of aryl methyl sites for hydroxylation is 1. The fourth-order valence-corrected chi connectivity index (χ4v) is 3.14. The van der Waals surface area contributed by atoms with Crippen molar-refractivity contribution in [2.45, 2.75) is 6.92 Å². The SMILES string of the molecule is Cc1cccc(-c2nnc(-c3ccc([N+](=O)[O-])cc3)n2-c2ccc(Cl)cc2)c1. The average Bonchev–Trinajstić information content (AvgIpc) is 3.14. The molecule has 0 aliphatic rings. The van der Waals surface area contributed by atoms with Crippen LogP contribution in [0.15, 0.2) is 72.8 Å². The van der Waals surface area contributed by atoms with Crippen LogP contribution < -0.4 is 0 Å². The highest BCUT2D eigenvalue weighted by molar-refractivity contribution is 6.30. The highest BCUT2D eigenvalue weighted by Gasteiger charge is 2.18. The van der Waals surface area contributed by atoms with Gasteiger partial charge in [-0.3, -0.25) is 14.7 Å². The predicted molar refractivity (Wildman–Crippen MR) is 109 cm³/mol. The molecule has 1 aromatic heterocycles. The lowest BCUT2D eigenvalue weighted by molar-refractivity contribution is -0.384. The standard InChI is InChI=1S/C21H15ClN4O2/c1-14-3-2-4-16(13-14)21-24-23-20(15-5-9-19(10-6-15)26(27)28)25(21)18-11-7-17(22)8-12-18/h2-13H,1H3. The lowest BCUT2D eigenvalue weighted by Crippen LogP contribution is -2.00. The molecule has 4 rings (SSSR count). The summed E-state index contributed by atoms with van der Waals surface area (Å²) in [6.45, 7) is 2.02. The summed E-state index contributed by atoms with van der Waals surface area (Å²) in [4.78, 5) is 10.5. The number of benzene rings is 3. The first-order chi connectivity index (χ1) is 13.5. The molecular formula is C21H15ClN4O2. The van der Waals surface area contributed by atoms with Crippen LogP contribution in [0.4, 0.5) is 5.69 Å². The van der Waals surface area contributed by atoms with Gasteiger partial charge in [0.25, 0.3) is 5.69 Å². The molecule has 3 aromatic carbocycles. The van der Waals surface area contributed by atoms with Crippen molar-refractivity contribution in [1.29, 1.82) is 0 Å². The number of nitro benzene ring substituents is 1. The maximum atomic E-state index is 10.9. The van der Waals surface area contributed by atoms with E-state index in [0.29, 0.717) is 16.7 Å². The van der Waals surface area contributed by atoms with Gasteiger partial charge in [-0.05, 0) is 49.4 Å². The Balaban J connectivity index is 1.91. The van der Waals surface area contributed by atoms with Crippen LogP contribution >= 0.6 is 11.6 Å². The zero-order valence-corrected chi connectivity index (χ0v) is 15.7. The summed E-state index contributed by atoms with van der Waals surface area (Å²) in [6, 6.07) is 21.7. The van der Waals surface area contributed by atoms with Crippen molar-refractivity contribution in [3.05, 3.63) is 93.5 Å². The summed E-state index contributed by atoms with van der Waals surface area (Å²) in [7, 11) is 0. The van der Waals surface area contributed by atoms with Crippen LogP contribution in [-0.2, 0) is 0 Å². The highest BCUT2D eigenvalue weighted by Crippen LogP contribution is 2.30. The third kappa shape index (κ3) is 3.37. The topological polar surface area (TPSA) is 73.8 Å². The van der Waals surface area contributed by atoms with Gasteiger partial charge in [0, 0.05) is 34.0 Å². The Labute approximate surface area is 166 Å². The molecule has 7 heteroatoms. The van der Waals surface area contributed by atoms with Crippen molar-refractivity contribution in [2.24, 2.45) is 0 Å². The molecule has 0 amide bonds. The minimum atomic E-state index is -0.425. The summed E-state index contributed by atoms with van der Waals surface area (Å²) in [6.07, 6.45) is 0. The summed E-state index contributed by atoms with van der Waals surface area (Å²) in [5.74, 6) is 1.27. The number of rotatable bonds is 4. The second-order valence-corrected chi connectivity index (χ2v) is 6.77. The van der Waals surface area contributed by atoms with Crippen LogP contribution in [0.3, 0.4) is 0 Å². The van der Waals surface area contributed by atoms with Crippen molar-refractivity contribution in [3.8, 4) is 28.5 Å². The van der Waals surface area contributed by atoms with Crippen LogP contribution in [0.2, 0.25) is 5.02 Å². The maximum Gasteiger partial charge on any atom is 0.269 e. The zero-order valence-electron chi connectivity index (χ0n) is 14.9. The molecule has 0 atom stereocenters. The van der Waals surface area contributed by atoms with E-state index in [-0.39, 0.29) is 5.69 Å². The van der Waals surface area contributed by atoms with Crippen LogP contribution in [0.5, 0.6) is 0 Å². The van der Waals surface area contributed by atoms with E-state index in [1.807, 2.05) is 47.9 Å².